The highest BCUT2D eigenvalue weighted by Crippen LogP contribution is 2.20. The number of carbonyl (C=O) groups is 1. The van der Waals surface area contributed by atoms with Gasteiger partial charge in [0.25, 0.3) is 0 Å². The number of nitrogens with one attached hydrogen (secondary N) is 1. The van der Waals surface area contributed by atoms with Crippen LogP contribution in [0.15, 0.2) is 6.20 Å². The number of anilines is 1. The molecule has 1 fully saturated rings. The number of amides is 1. The maximum atomic E-state index is 12.5. The molecule has 0 aromatic carbocycles. The van der Waals surface area contributed by atoms with E-state index in [0.717, 1.165) is 61.7 Å². The highest BCUT2D eigenvalue weighted by atomic mass is 16.2. The van der Waals surface area contributed by atoms with Crippen LogP contribution >= 0.6 is 0 Å². The van der Waals surface area contributed by atoms with Gasteiger partial charge < -0.3 is 10.2 Å². The summed E-state index contributed by atoms with van der Waals surface area (Å²) in [5.74, 6) is 1.79. The van der Waals surface area contributed by atoms with Crippen molar-refractivity contribution in [3.05, 3.63) is 12.0 Å². The first-order chi connectivity index (χ1) is 13.0. The molecule has 8 nitrogen and oxygen atoms in total. The molecule has 27 heavy (non-hydrogen) atoms. The lowest BCUT2D eigenvalue weighted by Crippen LogP contribution is -2.50. The zero-order valence-corrected chi connectivity index (χ0v) is 16.9. The predicted octanol–water partition coefficient (Wildman–Crippen LogP) is 1.67. The van der Waals surface area contributed by atoms with Crippen molar-refractivity contribution in [2.24, 2.45) is 7.05 Å². The maximum Gasteiger partial charge on any atom is 0.224 e. The van der Waals surface area contributed by atoms with E-state index in [9.17, 15) is 4.79 Å². The first-order valence-corrected chi connectivity index (χ1v) is 9.94. The Hall–Kier alpha value is -2.22. The number of carbonyl (C=O) groups excluding carboxylic acids is 1. The van der Waals surface area contributed by atoms with Gasteiger partial charge >= 0.3 is 0 Å². The summed E-state index contributed by atoms with van der Waals surface area (Å²) in [5.41, 5.74) is 0.826. The third kappa shape index (κ3) is 4.55. The Kier molecular flexibility index (Phi) is 6.26. The molecule has 8 heteroatoms. The normalized spacial score (nSPS) is 15.7. The molecule has 1 aliphatic heterocycles. The molecule has 148 valence electrons. The van der Waals surface area contributed by atoms with Gasteiger partial charge in [0.15, 0.2) is 5.65 Å². The summed E-state index contributed by atoms with van der Waals surface area (Å²) in [7, 11) is 1.88. The molecular weight excluding hydrogens is 342 g/mol. The molecule has 0 atom stereocenters. The molecule has 2 aromatic rings. The summed E-state index contributed by atoms with van der Waals surface area (Å²) in [4.78, 5) is 26.1. The second-order valence-corrected chi connectivity index (χ2v) is 7.43. The Morgan fingerprint density at radius 2 is 1.96 bits per heavy atom. The highest BCUT2D eigenvalue weighted by molar-refractivity contribution is 5.86. The van der Waals surface area contributed by atoms with Gasteiger partial charge in [-0.3, -0.25) is 14.4 Å². The summed E-state index contributed by atoms with van der Waals surface area (Å²) in [5, 5.41) is 8.52. The van der Waals surface area contributed by atoms with Crippen molar-refractivity contribution in [2.45, 2.75) is 46.1 Å². The monoisotopic (exact) mass is 373 g/mol. The first kappa shape index (κ1) is 19.5. The van der Waals surface area contributed by atoms with Gasteiger partial charge in [-0.1, -0.05) is 6.92 Å². The van der Waals surface area contributed by atoms with Crippen LogP contribution in [0.5, 0.6) is 0 Å². The van der Waals surface area contributed by atoms with Crippen LogP contribution in [0.4, 0.5) is 5.82 Å². The quantitative estimate of drug-likeness (QED) is 0.795. The molecule has 0 spiro atoms. The fourth-order valence-corrected chi connectivity index (χ4v) is 3.47. The predicted molar refractivity (Wildman–Crippen MR) is 107 cm³/mol. The summed E-state index contributed by atoms with van der Waals surface area (Å²) >= 11 is 0. The Morgan fingerprint density at radius 3 is 2.63 bits per heavy atom. The Bertz CT molecular complexity index is 778. The molecule has 1 aliphatic rings. The van der Waals surface area contributed by atoms with Crippen molar-refractivity contribution < 1.29 is 4.79 Å². The van der Waals surface area contributed by atoms with E-state index in [1.165, 1.54) is 0 Å². The maximum absolute atomic E-state index is 12.5. The second kappa shape index (κ2) is 8.65. The van der Waals surface area contributed by atoms with Crippen LogP contribution in [-0.4, -0.2) is 74.2 Å². The van der Waals surface area contributed by atoms with Crippen LogP contribution in [-0.2, 0) is 18.3 Å². The van der Waals surface area contributed by atoms with E-state index >= 15 is 0 Å². The van der Waals surface area contributed by atoms with Crippen molar-refractivity contribution in [3.63, 3.8) is 0 Å². The Labute approximate surface area is 160 Å². The van der Waals surface area contributed by atoms with E-state index in [4.69, 9.17) is 0 Å². The number of nitrogens with zero attached hydrogens (tertiary/aromatic N) is 6. The summed E-state index contributed by atoms with van der Waals surface area (Å²) < 4.78 is 1.76. The van der Waals surface area contributed by atoms with Gasteiger partial charge in [0.2, 0.25) is 5.91 Å². The molecule has 0 unspecified atom stereocenters. The number of hydrogen-bond donors (Lipinski definition) is 1. The van der Waals surface area contributed by atoms with Crippen LogP contribution < -0.4 is 5.32 Å². The lowest BCUT2D eigenvalue weighted by atomic mass is 10.2. The van der Waals surface area contributed by atoms with Crippen molar-refractivity contribution in [1.29, 1.82) is 0 Å². The van der Waals surface area contributed by atoms with Crippen LogP contribution in [0, 0.1) is 0 Å². The van der Waals surface area contributed by atoms with E-state index in [1.54, 1.807) is 10.9 Å². The number of aromatic nitrogens is 4. The van der Waals surface area contributed by atoms with Crippen LogP contribution in [0.25, 0.3) is 11.0 Å². The molecule has 1 saturated heterocycles. The molecule has 0 saturated carbocycles. The van der Waals surface area contributed by atoms with Crippen molar-refractivity contribution in [3.8, 4) is 0 Å². The third-order valence-electron chi connectivity index (χ3n) is 5.14. The number of fused-ring (bicyclic) bond motifs is 1. The van der Waals surface area contributed by atoms with Crippen molar-refractivity contribution in [1.82, 2.24) is 29.5 Å². The van der Waals surface area contributed by atoms with E-state index < -0.39 is 0 Å². The average Bonchev–Trinajstić information content (AvgIpc) is 3.03. The minimum atomic E-state index is 0.205. The highest BCUT2D eigenvalue weighted by Gasteiger charge is 2.22. The zero-order chi connectivity index (χ0) is 19.4. The molecule has 0 radical (unpaired) electrons. The van der Waals surface area contributed by atoms with Gasteiger partial charge in [-0.05, 0) is 20.3 Å². The molecule has 2 aromatic heterocycles. The standard InChI is InChI=1S/C19H31N7O/c1-5-6-16-22-18(15-13-21-24(4)19(15)23-16)20-8-7-17(27)26-11-9-25(10-12-26)14(2)3/h13-14H,5-12H2,1-4H3,(H,20,22,23). The van der Waals surface area contributed by atoms with E-state index in [1.807, 2.05) is 11.9 Å². The largest absolute Gasteiger partial charge is 0.369 e. The lowest BCUT2D eigenvalue weighted by molar-refractivity contribution is -0.132. The van der Waals surface area contributed by atoms with Gasteiger partial charge in [0.1, 0.15) is 11.6 Å². The SMILES string of the molecule is CCCc1nc(NCCC(=O)N2CCN(C(C)C)CC2)c2cnn(C)c2n1. The third-order valence-corrected chi connectivity index (χ3v) is 5.14. The molecule has 1 N–H and O–H groups in total. The lowest BCUT2D eigenvalue weighted by Gasteiger charge is -2.37. The first-order valence-electron chi connectivity index (χ1n) is 9.94. The van der Waals surface area contributed by atoms with Crippen LogP contribution in [0.2, 0.25) is 0 Å². The Balaban J connectivity index is 1.58. The number of piperazine rings is 1. The van der Waals surface area contributed by atoms with Crippen molar-refractivity contribution in [2.75, 3.05) is 38.0 Å². The Morgan fingerprint density at radius 1 is 1.22 bits per heavy atom. The van der Waals surface area contributed by atoms with Gasteiger partial charge in [0.05, 0.1) is 11.6 Å². The summed E-state index contributed by atoms with van der Waals surface area (Å²) in [6.07, 6.45) is 4.06. The smallest absolute Gasteiger partial charge is 0.224 e. The number of rotatable bonds is 7. The van der Waals surface area contributed by atoms with Gasteiger partial charge in [-0.25, -0.2) is 9.97 Å². The fraction of sp³-hybridized carbons (Fsp3) is 0.684. The summed E-state index contributed by atoms with van der Waals surface area (Å²) in [6, 6.07) is 0.542. The van der Waals surface area contributed by atoms with E-state index in [-0.39, 0.29) is 5.91 Å². The van der Waals surface area contributed by atoms with E-state index in [2.05, 4.69) is 46.1 Å². The minimum Gasteiger partial charge on any atom is -0.369 e. The van der Waals surface area contributed by atoms with Crippen LogP contribution in [0.3, 0.4) is 0 Å². The number of hydrogen-bond acceptors (Lipinski definition) is 6. The van der Waals surface area contributed by atoms with Gasteiger partial charge in [-0.15, -0.1) is 0 Å². The topological polar surface area (TPSA) is 79.2 Å². The fourth-order valence-electron chi connectivity index (χ4n) is 3.47. The molecule has 0 bridgehead atoms. The van der Waals surface area contributed by atoms with Gasteiger partial charge in [0, 0.05) is 58.7 Å². The van der Waals surface area contributed by atoms with Crippen LogP contribution in [0.1, 0.15) is 39.4 Å². The molecule has 0 aliphatic carbocycles. The van der Waals surface area contributed by atoms with Crippen molar-refractivity contribution >= 4 is 22.8 Å². The molecule has 3 heterocycles. The molecule has 1 amide bonds. The molecule has 3 rings (SSSR count). The summed E-state index contributed by atoms with van der Waals surface area (Å²) in [6.45, 7) is 10.6. The minimum absolute atomic E-state index is 0.205. The van der Waals surface area contributed by atoms with Gasteiger partial charge in [-0.2, -0.15) is 5.10 Å². The van der Waals surface area contributed by atoms with E-state index in [0.29, 0.717) is 19.0 Å². The second-order valence-electron chi connectivity index (χ2n) is 7.43. The number of aryl methyl sites for hydroxylation is 2. The average molecular weight is 374 g/mol. The zero-order valence-electron chi connectivity index (χ0n) is 16.9. The molecular formula is C19H31N7O.